The number of aromatic amines is 1. The summed E-state index contributed by atoms with van der Waals surface area (Å²) in [5.41, 5.74) is 1.07. The largest absolute Gasteiger partial charge is 0.337 e. The fraction of sp³-hybridized carbons (Fsp3) is 0.429. The first kappa shape index (κ1) is 15.1. The van der Waals surface area contributed by atoms with E-state index in [9.17, 15) is 0 Å². The Labute approximate surface area is 129 Å². The third-order valence-electron chi connectivity index (χ3n) is 3.45. The summed E-state index contributed by atoms with van der Waals surface area (Å²) in [6, 6.07) is 8.21. The first-order valence-corrected chi connectivity index (χ1v) is 7.36. The van der Waals surface area contributed by atoms with E-state index < -0.39 is 0 Å². The number of halogens is 1. The zero-order valence-electron chi connectivity index (χ0n) is 12.1. The molecule has 1 unspecified atom stereocenters. The second-order valence-electron chi connectivity index (χ2n) is 5.10. The minimum atomic E-state index is 0.103. The maximum atomic E-state index is 6.28. The number of nitrogens with one attached hydrogen (secondary N) is 1. The van der Waals surface area contributed by atoms with Gasteiger partial charge in [0.1, 0.15) is 0 Å². The van der Waals surface area contributed by atoms with E-state index in [0.717, 1.165) is 16.5 Å². The highest BCUT2D eigenvalue weighted by Crippen LogP contribution is 2.29. The van der Waals surface area contributed by atoms with Crippen molar-refractivity contribution < 1.29 is 0 Å². The molecule has 0 spiro atoms. The summed E-state index contributed by atoms with van der Waals surface area (Å²) in [5, 5.41) is 7.96. The fourth-order valence-electron chi connectivity index (χ4n) is 2.21. The molecule has 1 N–H and O–H groups in total. The molecule has 108 valence electrons. The van der Waals surface area contributed by atoms with Gasteiger partial charge in [-0.3, -0.25) is 4.57 Å². The van der Waals surface area contributed by atoms with Crippen LogP contribution in [0, 0.1) is 4.77 Å². The third kappa shape index (κ3) is 2.74. The highest BCUT2D eigenvalue weighted by atomic mass is 35.5. The summed E-state index contributed by atoms with van der Waals surface area (Å²) in [7, 11) is 2.00. The first-order chi connectivity index (χ1) is 9.43. The number of H-pyrrole nitrogens is 1. The van der Waals surface area contributed by atoms with Crippen LogP contribution in [0.15, 0.2) is 24.3 Å². The Morgan fingerprint density at radius 3 is 2.55 bits per heavy atom. The Morgan fingerprint density at radius 1 is 1.30 bits per heavy atom. The van der Waals surface area contributed by atoms with E-state index in [0.29, 0.717) is 4.77 Å². The molecule has 0 aliphatic rings. The molecular formula is C14H19ClN4S. The van der Waals surface area contributed by atoms with E-state index >= 15 is 0 Å². The topological polar surface area (TPSA) is 36.9 Å². The second-order valence-corrected chi connectivity index (χ2v) is 5.89. The number of hydrogen-bond donors (Lipinski definition) is 1. The van der Waals surface area contributed by atoms with Crippen molar-refractivity contribution >= 4 is 29.8 Å². The van der Waals surface area contributed by atoms with Crippen molar-refractivity contribution in [1.82, 2.24) is 14.8 Å². The average molecular weight is 311 g/mol. The van der Waals surface area contributed by atoms with Crippen molar-refractivity contribution in [2.24, 2.45) is 0 Å². The van der Waals surface area contributed by atoms with Crippen molar-refractivity contribution in [2.45, 2.75) is 32.9 Å². The van der Waals surface area contributed by atoms with Crippen LogP contribution in [0.4, 0.5) is 5.95 Å². The maximum Gasteiger partial charge on any atom is 0.226 e. The third-order valence-corrected chi connectivity index (χ3v) is 4.09. The van der Waals surface area contributed by atoms with Gasteiger partial charge >= 0.3 is 0 Å². The molecule has 0 radical (unpaired) electrons. The van der Waals surface area contributed by atoms with Crippen LogP contribution in [0.25, 0.3) is 0 Å². The van der Waals surface area contributed by atoms with Crippen molar-refractivity contribution in [3.8, 4) is 0 Å². The lowest BCUT2D eigenvalue weighted by Crippen LogP contribution is -2.26. The van der Waals surface area contributed by atoms with Crippen LogP contribution in [0.1, 0.15) is 38.4 Å². The standard InChI is InChI=1S/C14H19ClN4S/c1-9(2)19-13(16-17-14(19)20)18(4)10(3)11-7-5-6-8-12(11)15/h5-10H,1-4H3,(H,17,20). The summed E-state index contributed by atoms with van der Waals surface area (Å²) >= 11 is 11.6. The van der Waals surface area contributed by atoms with Crippen LogP contribution in [0.5, 0.6) is 0 Å². The molecule has 0 bridgehead atoms. The quantitative estimate of drug-likeness (QED) is 0.852. The molecule has 2 aromatic rings. The Kier molecular flexibility index (Phi) is 4.50. The van der Waals surface area contributed by atoms with Gasteiger partial charge in [-0.05, 0) is 44.6 Å². The molecule has 20 heavy (non-hydrogen) atoms. The van der Waals surface area contributed by atoms with Crippen LogP contribution in [-0.4, -0.2) is 21.8 Å². The molecule has 2 rings (SSSR count). The molecule has 0 amide bonds. The predicted molar refractivity (Wildman–Crippen MR) is 86.1 cm³/mol. The molecule has 0 aliphatic carbocycles. The predicted octanol–water partition coefficient (Wildman–Crippen LogP) is 4.37. The number of benzene rings is 1. The molecule has 0 saturated carbocycles. The summed E-state index contributed by atoms with van der Waals surface area (Å²) < 4.78 is 2.64. The SMILES string of the molecule is CC(c1ccccc1Cl)N(C)c1n[nH]c(=S)n1C(C)C. The Morgan fingerprint density at radius 2 is 1.95 bits per heavy atom. The minimum Gasteiger partial charge on any atom is -0.337 e. The normalized spacial score (nSPS) is 12.7. The molecule has 6 heteroatoms. The summed E-state index contributed by atoms with van der Waals surface area (Å²) in [6.45, 7) is 6.27. The van der Waals surface area contributed by atoms with Gasteiger partial charge in [0.2, 0.25) is 5.95 Å². The van der Waals surface area contributed by atoms with E-state index in [-0.39, 0.29) is 12.1 Å². The smallest absolute Gasteiger partial charge is 0.226 e. The maximum absolute atomic E-state index is 6.28. The zero-order chi connectivity index (χ0) is 14.9. The van der Waals surface area contributed by atoms with E-state index in [2.05, 4.69) is 35.9 Å². The van der Waals surface area contributed by atoms with Crippen LogP contribution in [-0.2, 0) is 0 Å². The lowest BCUT2D eigenvalue weighted by molar-refractivity contribution is 0.571. The molecule has 4 nitrogen and oxygen atoms in total. The van der Waals surface area contributed by atoms with E-state index in [1.54, 1.807) is 0 Å². The molecule has 0 aliphatic heterocycles. The van der Waals surface area contributed by atoms with Crippen molar-refractivity contribution in [3.63, 3.8) is 0 Å². The van der Waals surface area contributed by atoms with Crippen molar-refractivity contribution in [3.05, 3.63) is 39.6 Å². The number of hydrogen-bond acceptors (Lipinski definition) is 3. The number of rotatable bonds is 4. The van der Waals surface area contributed by atoms with Gasteiger partial charge in [0.25, 0.3) is 0 Å². The summed E-state index contributed by atoms with van der Waals surface area (Å²) in [4.78, 5) is 2.08. The van der Waals surface area contributed by atoms with Gasteiger partial charge < -0.3 is 4.90 Å². The lowest BCUT2D eigenvalue weighted by atomic mass is 10.1. The molecule has 1 heterocycles. The molecule has 1 aromatic carbocycles. The van der Waals surface area contributed by atoms with Gasteiger partial charge in [-0.25, -0.2) is 5.10 Å². The number of anilines is 1. The summed E-state index contributed by atoms with van der Waals surface area (Å²) in [6.07, 6.45) is 0. The molecule has 1 aromatic heterocycles. The van der Waals surface area contributed by atoms with Crippen LogP contribution in [0.3, 0.4) is 0 Å². The zero-order valence-corrected chi connectivity index (χ0v) is 13.7. The van der Waals surface area contributed by atoms with Crippen LogP contribution < -0.4 is 4.90 Å². The number of nitrogens with zero attached hydrogens (tertiary/aromatic N) is 3. The fourth-order valence-corrected chi connectivity index (χ4v) is 2.84. The lowest BCUT2D eigenvalue weighted by Gasteiger charge is -2.27. The van der Waals surface area contributed by atoms with E-state index in [1.807, 2.05) is 35.9 Å². The second kappa shape index (κ2) is 5.97. The minimum absolute atomic E-state index is 0.103. The highest BCUT2D eigenvalue weighted by Gasteiger charge is 2.20. The molecule has 0 fully saturated rings. The van der Waals surface area contributed by atoms with Gasteiger partial charge in [0.15, 0.2) is 4.77 Å². The van der Waals surface area contributed by atoms with Crippen LogP contribution in [0.2, 0.25) is 5.02 Å². The first-order valence-electron chi connectivity index (χ1n) is 6.57. The molecular weight excluding hydrogens is 292 g/mol. The highest BCUT2D eigenvalue weighted by molar-refractivity contribution is 7.71. The van der Waals surface area contributed by atoms with Crippen LogP contribution >= 0.6 is 23.8 Å². The van der Waals surface area contributed by atoms with Gasteiger partial charge in [-0.15, -0.1) is 5.10 Å². The van der Waals surface area contributed by atoms with Gasteiger partial charge in [0.05, 0.1) is 6.04 Å². The summed E-state index contributed by atoms with van der Waals surface area (Å²) in [5.74, 6) is 0.817. The van der Waals surface area contributed by atoms with Gasteiger partial charge in [-0.2, -0.15) is 0 Å². The van der Waals surface area contributed by atoms with Gasteiger partial charge in [-0.1, -0.05) is 29.8 Å². The molecule has 0 saturated heterocycles. The average Bonchev–Trinajstić information content (AvgIpc) is 2.79. The number of aromatic nitrogens is 3. The van der Waals surface area contributed by atoms with Crippen molar-refractivity contribution in [2.75, 3.05) is 11.9 Å². The van der Waals surface area contributed by atoms with Gasteiger partial charge in [0, 0.05) is 18.1 Å². The van der Waals surface area contributed by atoms with E-state index in [4.69, 9.17) is 23.8 Å². The monoisotopic (exact) mass is 310 g/mol. The molecule has 1 atom stereocenters. The Hall–Kier alpha value is -1.33. The van der Waals surface area contributed by atoms with E-state index in [1.165, 1.54) is 0 Å². The Bertz CT molecular complexity index is 647. The Balaban J connectivity index is 2.39. The van der Waals surface area contributed by atoms with Crippen molar-refractivity contribution in [1.29, 1.82) is 0 Å².